The van der Waals surface area contributed by atoms with Crippen LogP contribution in [0.3, 0.4) is 0 Å². The zero-order chi connectivity index (χ0) is 12.5. The summed E-state index contributed by atoms with van der Waals surface area (Å²) in [5.74, 6) is 1.60. The fourth-order valence-electron chi connectivity index (χ4n) is 3.04. The second kappa shape index (κ2) is 4.69. The van der Waals surface area contributed by atoms with E-state index >= 15 is 0 Å². The van der Waals surface area contributed by atoms with Gasteiger partial charge in [-0.1, -0.05) is 38.8 Å². The molecule has 3 unspecified atom stereocenters. The van der Waals surface area contributed by atoms with Crippen LogP contribution in [0.25, 0.3) is 0 Å². The monoisotopic (exact) mass is 233 g/mol. The predicted molar refractivity (Wildman–Crippen MR) is 70.9 cm³/mol. The smallest absolute Gasteiger partial charge is 0.115 e. The number of benzene rings is 1. The Kier molecular flexibility index (Phi) is 3.43. The highest BCUT2D eigenvalue weighted by molar-refractivity contribution is 5.27. The number of phenolic OH excluding ortho intramolecular Hbond substituents is 1. The van der Waals surface area contributed by atoms with Crippen molar-refractivity contribution in [3.05, 3.63) is 29.8 Å². The predicted octanol–water partition coefficient (Wildman–Crippen LogP) is 3.09. The minimum absolute atomic E-state index is 0.0748. The van der Waals surface area contributed by atoms with Crippen LogP contribution in [0.1, 0.15) is 38.7 Å². The maximum atomic E-state index is 9.29. The van der Waals surface area contributed by atoms with Gasteiger partial charge < -0.3 is 10.8 Å². The molecule has 1 aliphatic carbocycles. The molecule has 3 atom stereocenters. The van der Waals surface area contributed by atoms with Crippen molar-refractivity contribution in [3.63, 3.8) is 0 Å². The van der Waals surface area contributed by atoms with E-state index in [1.807, 2.05) is 12.1 Å². The molecule has 94 valence electrons. The first-order valence-corrected chi connectivity index (χ1v) is 6.58. The zero-order valence-corrected chi connectivity index (χ0v) is 10.8. The molecule has 2 heteroatoms. The maximum absolute atomic E-state index is 9.29. The molecule has 1 aliphatic rings. The summed E-state index contributed by atoms with van der Waals surface area (Å²) in [5.41, 5.74) is 7.75. The number of nitrogens with two attached hydrogens (primary N) is 1. The van der Waals surface area contributed by atoms with Gasteiger partial charge in [-0.3, -0.25) is 0 Å². The molecule has 1 saturated carbocycles. The first-order chi connectivity index (χ1) is 8.01. The third kappa shape index (κ3) is 2.63. The molecule has 1 aromatic carbocycles. The van der Waals surface area contributed by atoms with E-state index in [1.165, 1.54) is 18.4 Å². The summed E-state index contributed by atoms with van der Waals surface area (Å²) >= 11 is 0. The van der Waals surface area contributed by atoms with Gasteiger partial charge in [0, 0.05) is 5.54 Å². The highest BCUT2D eigenvalue weighted by atomic mass is 16.3. The van der Waals surface area contributed by atoms with E-state index in [1.54, 1.807) is 12.1 Å². The molecule has 0 saturated heterocycles. The molecule has 2 nitrogen and oxygen atoms in total. The molecule has 1 aromatic rings. The van der Waals surface area contributed by atoms with Crippen molar-refractivity contribution in [2.24, 2.45) is 17.6 Å². The van der Waals surface area contributed by atoms with Gasteiger partial charge in [-0.05, 0) is 42.4 Å². The SMILES string of the molecule is CC1CCCC(N)(Cc2ccc(O)cc2)C1C. The van der Waals surface area contributed by atoms with E-state index in [0.29, 0.717) is 17.6 Å². The number of hydrogen-bond acceptors (Lipinski definition) is 2. The molecule has 1 fully saturated rings. The molecule has 0 heterocycles. The lowest BCUT2D eigenvalue weighted by Gasteiger charge is -2.43. The van der Waals surface area contributed by atoms with Gasteiger partial charge in [0.1, 0.15) is 5.75 Å². The molecule has 0 spiro atoms. The van der Waals surface area contributed by atoms with Crippen LogP contribution in [0.2, 0.25) is 0 Å². The first kappa shape index (κ1) is 12.4. The number of rotatable bonds is 2. The lowest BCUT2D eigenvalue weighted by atomic mass is 9.66. The van der Waals surface area contributed by atoms with Gasteiger partial charge in [0.2, 0.25) is 0 Å². The summed E-state index contributed by atoms with van der Waals surface area (Å²) in [6.45, 7) is 4.59. The zero-order valence-electron chi connectivity index (χ0n) is 10.8. The largest absolute Gasteiger partial charge is 0.508 e. The van der Waals surface area contributed by atoms with Crippen LogP contribution in [0, 0.1) is 11.8 Å². The van der Waals surface area contributed by atoms with E-state index in [-0.39, 0.29) is 5.54 Å². The Morgan fingerprint density at radius 2 is 1.94 bits per heavy atom. The third-order valence-electron chi connectivity index (χ3n) is 4.53. The first-order valence-electron chi connectivity index (χ1n) is 6.58. The Labute approximate surface area is 104 Å². The van der Waals surface area contributed by atoms with Crippen LogP contribution in [0.15, 0.2) is 24.3 Å². The minimum Gasteiger partial charge on any atom is -0.508 e. The van der Waals surface area contributed by atoms with Gasteiger partial charge in [-0.15, -0.1) is 0 Å². The Hall–Kier alpha value is -1.02. The molecule has 0 aliphatic heterocycles. The molecule has 0 radical (unpaired) electrons. The number of phenols is 1. The fraction of sp³-hybridized carbons (Fsp3) is 0.600. The van der Waals surface area contributed by atoms with Gasteiger partial charge >= 0.3 is 0 Å². The summed E-state index contributed by atoms with van der Waals surface area (Å²) in [5, 5.41) is 9.29. The van der Waals surface area contributed by atoms with Crippen LogP contribution in [-0.4, -0.2) is 10.6 Å². The Balaban J connectivity index is 2.13. The van der Waals surface area contributed by atoms with Crippen LogP contribution < -0.4 is 5.73 Å². The normalized spacial score (nSPS) is 33.6. The maximum Gasteiger partial charge on any atom is 0.115 e. The van der Waals surface area contributed by atoms with Gasteiger partial charge in [0.25, 0.3) is 0 Å². The van der Waals surface area contributed by atoms with E-state index < -0.39 is 0 Å². The average Bonchev–Trinajstić information content (AvgIpc) is 2.29. The van der Waals surface area contributed by atoms with Gasteiger partial charge in [-0.2, -0.15) is 0 Å². The quantitative estimate of drug-likeness (QED) is 0.824. The third-order valence-corrected chi connectivity index (χ3v) is 4.53. The standard InChI is InChI=1S/C15H23NO/c1-11-4-3-9-15(16,12(11)2)10-13-5-7-14(17)8-6-13/h5-8,11-12,17H,3-4,9-10,16H2,1-2H3. The van der Waals surface area contributed by atoms with Crippen molar-refractivity contribution in [2.75, 3.05) is 0 Å². The van der Waals surface area contributed by atoms with Crippen LogP contribution in [-0.2, 0) is 6.42 Å². The Bertz CT molecular complexity index is 373. The van der Waals surface area contributed by atoms with E-state index in [2.05, 4.69) is 13.8 Å². The van der Waals surface area contributed by atoms with E-state index in [4.69, 9.17) is 5.73 Å². The minimum atomic E-state index is -0.0748. The van der Waals surface area contributed by atoms with Crippen molar-refractivity contribution in [3.8, 4) is 5.75 Å². The average molecular weight is 233 g/mol. The molecule has 3 N–H and O–H groups in total. The molecule has 0 amide bonds. The number of aromatic hydroxyl groups is 1. The van der Waals surface area contributed by atoms with Crippen molar-refractivity contribution in [2.45, 2.75) is 45.1 Å². The van der Waals surface area contributed by atoms with Gasteiger partial charge in [-0.25, -0.2) is 0 Å². The Morgan fingerprint density at radius 1 is 1.29 bits per heavy atom. The number of hydrogen-bond donors (Lipinski definition) is 2. The van der Waals surface area contributed by atoms with Crippen LogP contribution >= 0.6 is 0 Å². The molecular formula is C15H23NO. The van der Waals surface area contributed by atoms with E-state index in [9.17, 15) is 5.11 Å². The molecular weight excluding hydrogens is 210 g/mol. The summed E-state index contributed by atoms with van der Waals surface area (Å²) in [6.07, 6.45) is 4.56. The van der Waals surface area contributed by atoms with Gasteiger partial charge in [0.05, 0.1) is 0 Å². The second-order valence-electron chi connectivity index (χ2n) is 5.73. The fourth-order valence-corrected chi connectivity index (χ4v) is 3.04. The van der Waals surface area contributed by atoms with Crippen LogP contribution in [0.5, 0.6) is 5.75 Å². The highest BCUT2D eigenvalue weighted by Crippen LogP contribution is 2.38. The summed E-state index contributed by atoms with van der Waals surface area (Å²) in [4.78, 5) is 0. The van der Waals surface area contributed by atoms with Gasteiger partial charge in [0.15, 0.2) is 0 Å². The Morgan fingerprint density at radius 3 is 2.59 bits per heavy atom. The lowest BCUT2D eigenvalue weighted by Crippen LogP contribution is -2.52. The lowest BCUT2D eigenvalue weighted by molar-refractivity contribution is 0.143. The summed E-state index contributed by atoms with van der Waals surface area (Å²) in [7, 11) is 0. The van der Waals surface area contributed by atoms with Crippen LogP contribution in [0.4, 0.5) is 0 Å². The second-order valence-corrected chi connectivity index (χ2v) is 5.73. The van der Waals surface area contributed by atoms with E-state index in [0.717, 1.165) is 12.8 Å². The van der Waals surface area contributed by atoms with Crippen molar-refractivity contribution >= 4 is 0 Å². The summed E-state index contributed by atoms with van der Waals surface area (Å²) in [6, 6.07) is 7.46. The molecule has 17 heavy (non-hydrogen) atoms. The van der Waals surface area contributed by atoms with Crippen molar-refractivity contribution in [1.29, 1.82) is 0 Å². The highest BCUT2D eigenvalue weighted by Gasteiger charge is 2.37. The summed E-state index contributed by atoms with van der Waals surface area (Å²) < 4.78 is 0. The molecule has 0 bridgehead atoms. The van der Waals surface area contributed by atoms with Crippen molar-refractivity contribution < 1.29 is 5.11 Å². The molecule has 2 rings (SSSR count). The van der Waals surface area contributed by atoms with Crippen molar-refractivity contribution in [1.82, 2.24) is 0 Å². The topological polar surface area (TPSA) is 46.2 Å². The molecule has 0 aromatic heterocycles.